The van der Waals surface area contributed by atoms with Crippen LogP contribution in [0.4, 0.5) is 0 Å². The van der Waals surface area contributed by atoms with Crippen molar-refractivity contribution in [3.63, 3.8) is 0 Å². The summed E-state index contributed by atoms with van der Waals surface area (Å²) in [6.07, 6.45) is 0.0982. The summed E-state index contributed by atoms with van der Waals surface area (Å²) in [5.74, 6) is 0.701. The Hall–Kier alpha value is -1.10. The van der Waals surface area contributed by atoms with Gasteiger partial charge >= 0.3 is 0 Å². The second-order valence-corrected chi connectivity index (χ2v) is 4.04. The zero-order valence-corrected chi connectivity index (χ0v) is 10.4. The number of benzene rings is 1. The third-order valence-corrected chi connectivity index (χ3v) is 2.59. The first-order valence-corrected chi connectivity index (χ1v) is 5.83. The summed E-state index contributed by atoms with van der Waals surface area (Å²) >= 11 is 0. The van der Waals surface area contributed by atoms with Crippen molar-refractivity contribution >= 4 is 0 Å². The van der Waals surface area contributed by atoms with E-state index in [1.165, 1.54) is 0 Å². The third-order valence-electron chi connectivity index (χ3n) is 2.59. The molecule has 0 aromatic heterocycles. The molecule has 0 saturated heterocycles. The molecule has 96 valence electrons. The highest BCUT2D eigenvalue weighted by molar-refractivity contribution is 5.38. The van der Waals surface area contributed by atoms with E-state index in [1.54, 1.807) is 7.11 Å². The van der Waals surface area contributed by atoms with Gasteiger partial charge in [-0.05, 0) is 32.0 Å². The fraction of sp³-hybridized carbons (Fsp3) is 0.538. The molecule has 0 bridgehead atoms. The zero-order valence-electron chi connectivity index (χ0n) is 10.4. The van der Waals surface area contributed by atoms with Gasteiger partial charge in [-0.1, -0.05) is 11.6 Å². The number of aliphatic hydroxyl groups excluding tert-OH is 2. The van der Waals surface area contributed by atoms with E-state index in [0.717, 1.165) is 11.1 Å². The second kappa shape index (κ2) is 7.27. The Labute approximate surface area is 102 Å². The van der Waals surface area contributed by atoms with E-state index in [4.69, 9.17) is 9.84 Å². The van der Waals surface area contributed by atoms with Gasteiger partial charge in [0.1, 0.15) is 5.75 Å². The summed E-state index contributed by atoms with van der Waals surface area (Å²) in [6.45, 7) is 3.30. The van der Waals surface area contributed by atoms with Crippen molar-refractivity contribution in [3.05, 3.63) is 29.3 Å². The molecule has 1 aromatic rings. The number of aliphatic hydroxyl groups is 2. The molecule has 1 rings (SSSR count). The lowest BCUT2D eigenvalue weighted by molar-refractivity contribution is 0.169. The molecule has 0 aliphatic heterocycles. The van der Waals surface area contributed by atoms with E-state index in [9.17, 15) is 5.11 Å². The first-order valence-electron chi connectivity index (χ1n) is 5.83. The van der Waals surface area contributed by atoms with Crippen LogP contribution in [0.5, 0.6) is 5.75 Å². The molecule has 0 aliphatic carbocycles. The number of methoxy groups -OCH3 is 1. The molecule has 0 aliphatic rings. The summed E-state index contributed by atoms with van der Waals surface area (Å²) in [6, 6.07) is 5.74. The summed E-state index contributed by atoms with van der Waals surface area (Å²) in [4.78, 5) is 0. The molecule has 0 heterocycles. The van der Waals surface area contributed by atoms with E-state index in [1.807, 2.05) is 25.1 Å². The van der Waals surface area contributed by atoms with Crippen molar-refractivity contribution < 1.29 is 14.9 Å². The highest BCUT2D eigenvalue weighted by Gasteiger charge is 2.12. The predicted octanol–water partition coefficient (Wildman–Crippen LogP) is 1.01. The molecule has 17 heavy (non-hydrogen) atoms. The highest BCUT2D eigenvalue weighted by atomic mass is 16.5. The Kier molecular flexibility index (Phi) is 5.97. The van der Waals surface area contributed by atoms with Crippen LogP contribution in [0.25, 0.3) is 0 Å². The van der Waals surface area contributed by atoms with E-state index >= 15 is 0 Å². The van der Waals surface area contributed by atoms with E-state index in [-0.39, 0.29) is 6.61 Å². The van der Waals surface area contributed by atoms with Gasteiger partial charge in [0.05, 0.1) is 13.2 Å². The van der Waals surface area contributed by atoms with Gasteiger partial charge in [0.2, 0.25) is 0 Å². The van der Waals surface area contributed by atoms with Crippen LogP contribution in [0.3, 0.4) is 0 Å². The van der Waals surface area contributed by atoms with Crippen molar-refractivity contribution in [3.8, 4) is 5.75 Å². The fourth-order valence-corrected chi connectivity index (χ4v) is 1.67. The molecule has 1 atom stereocenters. The minimum atomic E-state index is -0.594. The monoisotopic (exact) mass is 239 g/mol. The summed E-state index contributed by atoms with van der Waals surface area (Å²) in [5.41, 5.74) is 1.89. The minimum absolute atomic E-state index is 0.164. The molecule has 4 heteroatoms. The van der Waals surface area contributed by atoms with Crippen LogP contribution < -0.4 is 10.1 Å². The standard InChI is InChI=1S/C13H21NO3/c1-10-4-5-13(17-2)11(8-10)12(16)9-14-6-3-7-15/h4-5,8,12,14-16H,3,6-7,9H2,1-2H3. The minimum Gasteiger partial charge on any atom is -0.496 e. The number of hydrogen-bond acceptors (Lipinski definition) is 4. The lowest BCUT2D eigenvalue weighted by atomic mass is 10.1. The number of hydrogen-bond donors (Lipinski definition) is 3. The lowest BCUT2D eigenvalue weighted by Crippen LogP contribution is -2.23. The normalized spacial score (nSPS) is 12.5. The molecule has 0 spiro atoms. The molecule has 0 fully saturated rings. The average Bonchev–Trinajstić information content (AvgIpc) is 2.34. The molecule has 4 nitrogen and oxygen atoms in total. The first kappa shape index (κ1) is 14.0. The predicted molar refractivity (Wildman–Crippen MR) is 67.3 cm³/mol. The van der Waals surface area contributed by atoms with E-state index in [2.05, 4.69) is 5.32 Å². The topological polar surface area (TPSA) is 61.7 Å². The van der Waals surface area contributed by atoms with Gasteiger partial charge in [0.25, 0.3) is 0 Å². The smallest absolute Gasteiger partial charge is 0.124 e. The number of rotatable bonds is 7. The summed E-state index contributed by atoms with van der Waals surface area (Å²) < 4.78 is 5.22. The molecule has 0 radical (unpaired) electrons. The van der Waals surface area contributed by atoms with Gasteiger partial charge in [0.15, 0.2) is 0 Å². The first-order chi connectivity index (χ1) is 8.19. The Morgan fingerprint density at radius 3 is 2.82 bits per heavy atom. The van der Waals surface area contributed by atoms with Gasteiger partial charge in [-0.15, -0.1) is 0 Å². The van der Waals surface area contributed by atoms with Crippen molar-refractivity contribution in [1.29, 1.82) is 0 Å². The Bertz CT molecular complexity index is 341. The van der Waals surface area contributed by atoms with Crippen LogP contribution in [0.2, 0.25) is 0 Å². The van der Waals surface area contributed by atoms with Crippen molar-refractivity contribution in [2.24, 2.45) is 0 Å². The van der Waals surface area contributed by atoms with Gasteiger partial charge in [-0.25, -0.2) is 0 Å². The summed E-state index contributed by atoms with van der Waals surface area (Å²) in [5, 5.41) is 21.8. The van der Waals surface area contributed by atoms with Crippen LogP contribution >= 0.6 is 0 Å². The van der Waals surface area contributed by atoms with Crippen LogP contribution in [-0.2, 0) is 0 Å². The van der Waals surface area contributed by atoms with Gasteiger partial charge in [-0.2, -0.15) is 0 Å². The van der Waals surface area contributed by atoms with Crippen LogP contribution in [0, 0.1) is 6.92 Å². The van der Waals surface area contributed by atoms with Crippen molar-refractivity contribution in [2.45, 2.75) is 19.4 Å². The van der Waals surface area contributed by atoms with Crippen LogP contribution in [0.1, 0.15) is 23.7 Å². The van der Waals surface area contributed by atoms with Gasteiger partial charge in [0, 0.05) is 18.7 Å². The summed E-state index contributed by atoms with van der Waals surface area (Å²) in [7, 11) is 1.60. The lowest BCUT2D eigenvalue weighted by Gasteiger charge is -2.16. The Morgan fingerprint density at radius 2 is 2.18 bits per heavy atom. The van der Waals surface area contributed by atoms with Crippen molar-refractivity contribution in [1.82, 2.24) is 5.32 Å². The largest absolute Gasteiger partial charge is 0.496 e. The molecule has 0 amide bonds. The maximum Gasteiger partial charge on any atom is 0.124 e. The Balaban J connectivity index is 2.60. The quantitative estimate of drug-likeness (QED) is 0.621. The molecule has 1 unspecified atom stereocenters. The van der Waals surface area contributed by atoms with Gasteiger partial charge in [-0.3, -0.25) is 0 Å². The molecular formula is C13H21NO3. The number of nitrogens with one attached hydrogen (secondary N) is 1. The van der Waals surface area contributed by atoms with Crippen LogP contribution in [-0.4, -0.2) is 37.0 Å². The SMILES string of the molecule is COc1ccc(C)cc1C(O)CNCCCO. The maximum absolute atomic E-state index is 10.1. The molecule has 1 aromatic carbocycles. The van der Waals surface area contributed by atoms with E-state index in [0.29, 0.717) is 25.3 Å². The average molecular weight is 239 g/mol. The zero-order chi connectivity index (χ0) is 12.7. The number of aryl methyl sites for hydroxylation is 1. The maximum atomic E-state index is 10.1. The van der Waals surface area contributed by atoms with Gasteiger partial charge < -0.3 is 20.3 Å². The van der Waals surface area contributed by atoms with Crippen molar-refractivity contribution in [2.75, 3.05) is 26.8 Å². The third kappa shape index (κ3) is 4.34. The second-order valence-electron chi connectivity index (χ2n) is 4.04. The Morgan fingerprint density at radius 1 is 1.41 bits per heavy atom. The fourth-order valence-electron chi connectivity index (χ4n) is 1.67. The number of ether oxygens (including phenoxy) is 1. The molecular weight excluding hydrogens is 218 g/mol. The molecule has 0 saturated carbocycles. The molecule has 3 N–H and O–H groups in total. The van der Waals surface area contributed by atoms with Crippen LogP contribution in [0.15, 0.2) is 18.2 Å². The highest BCUT2D eigenvalue weighted by Crippen LogP contribution is 2.25. The van der Waals surface area contributed by atoms with E-state index < -0.39 is 6.10 Å².